The van der Waals surface area contributed by atoms with E-state index in [-0.39, 0.29) is 54.9 Å². The van der Waals surface area contributed by atoms with Gasteiger partial charge in [0.1, 0.15) is 5.82 Å². The quantitative estimate of drug-likeness (QED) is 0.374. The van der Waals surface area contributed by atoms with Crippen molar-refractivity contribution in [2.45, 2.75) is 31.9 Å². The number of hydrogen-bond donors (Lipinski definition) is 2. The molecular formula is C18H28FIN4O2. The second-order valence-electron chi connectivity index (χ2n) is 6.27. The number of carbonyl (C=O) groups excluding carboxylic acids is 1. The third-order valence-electron chi connectivity index (χ3n) is 4.04. The average Bonchev–Trinajstić information content (AvgIpc) is 2.62. The number of aliphatic imine (C=N–C) groups is 1. The molecule has 146 valence electrons. The minimum Gasteiger partial charge on any atom is -0.376 e. The summed E-state index contributed by atoms with van der Waals surface area (Å²) < 4.78 is 19.4. The standard InChI is InChI=1S/C18H27FN4O2.HI/c1-23(2)17(24)13-22-18(21-12-15-8-5-6-10-25-15)20-11-14-7-3-4-9-16(14)19;/h3-4,7,9,15H,5-6,8,10-13H2,1-2H3,(H2,20,21,22);1H. The summed E-state index contributed by atoms with van der Waals surface area (Å²) in [7, 11) is 3.40. The summed E-state index contributed by atoms with van der Waals surface area (Å²) in [5, 5.41) is 6.19. The third-order valence-corrected chi connectivity index (χ3v) is 4.04. The van der Waals surface area contributed by atoms with Crippen LogP contribution in [0, 0.1) is 5.82 Å². The van der Waals surface area contributed by atoms with E-state index in [0.717, 1.165) is 25.9 Å². The molecular weight excluding hydrogens is 450 g/mol. The monoisotopic (exact) mass is 478 g/mol. The largest absolute Gasteiger partial charge is 0.376 e. The maximum Gasteiger partial charge on any atom is 0.241 e. The highest BCUT2D eigenvalue weighted by molar-refractivity contribution is 14.0. The molecule has 1 amide bonds. The van der Waals surface area contributed by atoms with Gasteiger partial charge in [0.15, 0.2) is 5.96 Å². The number of halogens is 2. The van der Waals surface area contributed by atoms with Crippen LogP contribution in [0.25, 0.3) is 0 Å². The lowest BCUT2D eigenvalue weighted by Crippen LogP contribution is -2.45. The number of hydrogen-bond acceptors (Lipinski definition) is 3. The van der Waals surface area contributed by atoms with Crippen molar-refractivity contribution in [3.8, 4) is 0 Å². The minimum atomic E-state index is -0.286. The lowest BCUT2D eigenvalue weighted by atomic mass is 10.1. The van der Waals surface area contributed by atoms with Gasteiger partial charge in [-0.15, -0.1) is 24.0 Å². The molecule has 2 N–H and O–H groups in total. The number of benzene rings is 1. The fraction of sp³-hybridized carbons (Fsp3) is 0.556. The van der Waals surface area contributed by atoms with Gasteiger partial charge >= 0.3 is 0 Å². The first-order valence-electron chi connectivity index (χ1n) is 8.63. The Morgan fingerprint density at radius 1 is 1.31 bits per heavy atom. The van der Waals surface area contributed by atoms with Crippen LogP contribution in [-0.2, 0) is 16.1 Å². The number of guanidine groups is 1. The van der Waals surface area contributed by atoms with Gasteiger partial charge in [0.25, 0.3) is 0 Å². The predicted octanol–water partition coefficient (Wildman–Crippen LogP) is 2.14. The second kappa shape index (κ2) is 12.1. The van der Waals surface area contributed by atoms with Gasteiger partial charge in [0, 0.05) is 32.8 Å². The first-order valence-corrected chi connectivity index (χ1v) is 8.63. The number of rotatable bonds is 6. The van der Waals surface area contributed by atoms with Gasteiger partial charge in [0.2, 0.25) is 5.91 Å². The number of carbonyl (C=O) groups is 1. The van der Waals surface area contributed by atoms with E-state index in [2.05, 4.69) is 15.6 Å². The molecule has 0 radical (unpaired) electrons. The SMILES string of the molecule is CN(C)C(=O)CNC(=NCc1ccccc1F)NCC1CCCCO1.I. The van der Waals surface area contributed by atoms with E-state index < -0.39 is 0 Å². The summed E-state index contributed by atoms with van der Waals surface area (Å²) in [5.41, 5.74) is 0.511. The fourth-order valence-electron chi connectivity index (χ4n) is 2.46. The molecule has 0 bridgehead atoms. The molecule has 0 spiro atoms. The van der Waals surface area contributed by atoms with Gasteiger partial charge in [0.05, 0.1) is 19.2 Å². The van der Waals surface area contributed by atoms with E-state index in [1.807, 2.05) is 0 Å². The van der Waals surface area contributed by atoms with E-state index >= 15 is 0 Å². The number of likely N-dealkylation sites (N-methyl/N-ethyl adjacent to an activating group) is 1. The van der Waals surface area contributed by atoms with Crippen molar-refractivity contribution in [1.82, 2.24) is 15.5 Å². The van der Waals surface area contributed by atoms with Crippen LogP contribution in [0.4, 0.5) is 4.39 Å². The predicted molar refractivity (Wildman–Crippen MR) is 111 cm³/mol. The summed E-state index contributed by atoms with van der Waals surface area (Å²) in [5.74, 6) is 0.132. The van der Waals surface area contributed by atoms with Crippen molar-refractivity contribution >= 4 is 35.8 Å². The van der Waals surface area contributed by atoms with E-state index in [0.29, 0.717) is 18.1 Å². The molecule has 1 fully saturated rings. The van der Waals surface area contributed by atoms with Crippen LogP contribution in [0.2, 0.25) is 0 Å². The van der Waals surface area contributed by atoms with Crippen LogP contribution in [0.1, 0.15) is 24.8 Å². The molecule has 1 saturated heterocycles. The van der Waals surface area contributed by atoms with Crippen molar-refractivity contribution in [1.29, 1.82) is 0 Å². The van der Waals surface area contributed by atoms with Gasteiger partial charge in [-0.05, 0) is 25.3 Å². The Hall–Kier alpha value is -1.42. The molecule has 0 aromatic heterocycles. The van der Waals surface area contributed by atoms with Crippen LogP contribution in [0.5, 0.6) is 0 Å². The molecule has 1 aliphatic rings. The summed E-state index contributed by atoms with van der Waals surface area (Å²) in [6.07, 6.45) is 3.39. The second-order valence-corrected chi connectivity index (χ2v) is 6.27. The Morgan fingerprint density at radius 2 is 2.08 bits per heavy atom. The molecule has 26 heavy (non-hydrogen) atoms. The highest BCUT2D eigenvalue weighted by atomic mass is 127. The number of amides is 1. The molecule has 1 aromatic carbocycles. The summed E-state index contributed by atoms with van der Waals surface area (Å²) in [6, 6.07) is 6.54. The Labute approximate surface area is 171 Å². The van der Waals surface area contributed by atoms with Gasteiger partial charge in [-0.1, -0.05) is 18.2 Å². The molecule has 1 atom stereocenters. The lowest BCUT2D eigenvalue weighted by molar-refractivity contribution is -0.127. The molecule has 1 aliphatic heterocycles. The van der Waals surface area contributed by atoms with E-state index in [1.165, 1.54) is 11.0 Å². The maximum absolute atomic E-state index is 13.7. The number of nitrogens with one attached hydrogen (secondary N) is 2. The molecule has 2 rings (SSSR count). The smallest absolute Gasteiger partial charge is 0.241 e. The highest BCUT2D eigenvalue weighted by Crippen LogP contribution is 2.11. The van der Waals surface area contributed by atoms with Gasteiger partial charge in [-0.3, -0.25) is 4.79 Å². The lowest BCUT2D eigenvalue weighted by Gasteiger charge is -2.24. The fourth-order valence-corrected chi connectivity index (χ4v) is 2.46. The molecule has 0 saturated carbocycles. The Balaban J connectivity index is 0.00000338. The Kier molecular flexibility index (Phi) is 10.5. The first kappa shape index (κ1) is 22.6. The van der Waals surface area contributed by atoms with Crippen molar-refractivity contribution in [3.05, 3.63) is 35.6 Å². The van der Waals surface area contributed by atoms with Gasteiger partial charge < -0.3 is 20.3 Å². The van der Waals surface area contributed by atoms with Crippen LogP contribution < -0.4 is 10.6 Å². The summed E-state index contributed by atoms with van der Waals surface area (Å²) in [6.45, 7) is 1.71. The van der Waals surface area contributed by atoms with Crippen LogP contribution >= 0.6 is 24.0 Å². The molecule has 6 nitrogen and oxygen atoms in total. The normalized spacial score (nSPS) is 17.2. The average molecular weight is 478 g/mol. The van der Waals surface area contributed by atoms with Gasteiger partial charge in [-0.2, -0.15) is 0 Å². The molecule has 1 heterocycles. The zero-order valence-electron chi connectivity index (χ0n) is 15.3. The number of nitrogens with zero attached hydrogens (tertiary/aromatic N) is 2. The molecule has 0 aliphatic carbocycles. The van der Waals surface area contributed by atoms with Crippen LogP contribution in [-0.4, -0.2) is 56.7 Å². The summed E-state index contributed by atoms with van der Waals surface area (Å²) >= 11 is 0. The van der Waals surface area contributed by atoms with Crippen LogP contribution in [0.3, 0.4) is 0 Å². The maximum atomic E-state index is 13.7. The molecule has 1 unspecified atom stereocenters. The third kappa shape index (κ3) is 7.86. The van der Waals surface area contributed by atoms with Crippen molar-refractivity contribution in [2.75, 3.05) is 33.8 Å². The minimum absolute atomic E-state index is 0. The zero-order chi connectivity index (χ0) is 18.1. The highest BCUT2D eigenvalue weighted by Gasteiger charge is 2.14. The van der Waals surface area contributed by atoms with E-state index in [4.69, 9.17) is 4.74 Å². The summed E-state index contributed by atoms with van der Waals surface area (Å²) in [4.78, 5) is 17.7. The van der Waals surface area contributed by atoms with Crippen molar-refractivity contribution in [2.24, 2.45) is 4.99 Å². The van der Waals surface area contributed by atoms with E-state index in [9.17, 15) is 9.18 Å². The Morgan fingerprint density at radius 3 is 2.73 bits per heavy atom. The molecule has 8 heteroatoms. The van der Waals surface area contributed by atoms with Crippen molar-refractivity contribution in [3.63, 3.8) is 0 Å². The Bertz CT molecular complexity index is 592. The van der Waals surface area contributed by atoms with Gasteiger partial charge in [-0.25, -0.2) is 9.38 Å². The zero-order valence-corrected chi connectivity index (χ0v) is 17.7. The topological polar surface area (TPSA) is 66.0 Å². The van der Waals surface area contributed by atoms with Crippen LogP contribution in [0.15, 0.2) is 29.3 Å². The van der Waals surface area contributed by atoms with E-state index in [1.54, 1.807) is 32.3 Å². The number of ether oxygens (including phenoxy) is 1. The van der Waals surface area contributed by atoms with Crippen molar-refractivity contribution < 1.29 is 13.9 Å². The first-order chi connectivity index (χ1) is 12.1. The molecule has 1 aromatic rings.